The number of aromatic nitrogens is 2. The van der Waals surface area contributed by atoms with Crippen LogP contribution in [0.2, 0.25) is 0 Å². The highest BCUT2D eigenvalue weighted by Gasteiger charge is 2.31. The first-order valence-electron chi connectivity index (χ1n) is 6.87. The minimum atomic E-state index is -4.49. The van der Waals surface area contributed by atoms with Crippen LogP contribution in [0.3, 0.4) is 0 Å². The predicted molar refractivity (Wildman–Crippen MR) is 78.9 cm³/mol. The van der Waals surface area contributed by atoms with Crippen molar-refractivity contribution >= 4 is 12.0 Å². The van der Waals surface area contributed by atoms with Crippen molar-refractivity contribution in [2.24, 2.45) is 14.1 Å². The molecule has 0 aliphatic carbocycles. The largest absolute Gasteiger partial charge is 0.406 e. The van der Waals surface area contributed by atoms with E-state index in [4.69, 9.17) is 0 Å². The van der Waals surface area contributed by atoms with Gasteiger partial charge in [-0.05, 0) is 12.5 Å². The van der Waals surface area contributed by atoms with Gasteiger partial charge in [0.25, 0.3) is 5.56 Å². The predicted octanol–water partition coefficient (Wildman–Crippen LogP) is 0.898. The lowest BCUT2D eigenvalue weighted by molar-refractivity contribution is -0.158. The Balaban J connectivity index is 3.05. The molecule has 0 aliphatic heterocycles. The molecule has 0 atom stereocenters. The first-order valence-corrected chi connectivity index (χ1v) is 6.87. The van der Waals surface area contributed by atoms with Gasteiger partial charge in [0.05, 0.1) is 5.56 Å². The standard InChI is InChI=1S/C14H18F3N3O3/c1-4-7-20(9-14(15,16)17)11(21)6-5-10-8-18(2)13(23)19(3)12(10)22/h5-6,8H,4,7,9H2,1-3H3/b6-5+. The maximum Gasteiger partial charge on any atom is 0.406 e. The van der Waals surface area contributed by atoms with Gasteiger partial charge >= 0.3 is 11.9 Å². The third-order valence-electron chi connectivity index (χ3n) is 3.05. The summed E-state index contributed by atoms with van der Waals surface area (Å²) in [5.74, 6) is -0.847. The Kier molecular flexibility index (Phi) is 5.94. The topological polar surface area (TPSA) is 64.3 Å². The molecule has 0 aliphatic rings. The molecular formula is C14H18F3N3O3. The van der Waals surface area contributed by atoms with E-state index < -0.39 is 29.9 Å². The SMILES string of the molecule is CCCN(CC(F)(F)F)C(=O)/C=C/c1cn(C)c(=O)n(C)c1=O. The molecule has 23 heavy (non-hydrogen) atoms. The molecule has 0 saturated heterocycles. The summed E-state index contributed by atoms with van der Waals surface area (Å²) < 4.78 is 39.4. The molecule has 1 aromatic rings. The van der Waals surface area contributed by atoms with E-state index in [1.807, 2.05) is 0 Å². The van der Waals surface area contributed by atoms with Gasteiger partial charge in [-0.3, -0.25) is 14.2 Å². The van der Waals surface area contributed by atoms with Crippen LogP contribution in [0.25, 0.3) is 6.08 Å². The zero-order valence-corrected chi connectivity index (χ0v) is 13.1. The van der Waals surface area contributed by atoms with E-state index in [0.717, 1.165) is 21.3 Å². The van der Waals surface area contributed by atoms with Gasteiger partial charge in [0.2, 0.25) is 5.91 Å². The Bertz CT molecular complexity index is 717. The molecule has 1 rings (SSSR count). The zero-order valence-electron chi connectivity index (χ0n) is 13.1. The minimum Gasteiger partial charge on any atom is -0.330 e. The van der Waals surface area contributed by atoms with Gasteiger partial charge in [0, 0.05) is 32.9 Å². The summed E-state index contributed by atoms with van der Waals surface area (Å²) in [4.78, 5) is 36.0. The summed E-state index contributed by atoms with van der Waals surface area (Å²) in [7, 11) is 2.70. The molecule has 0 aromatic carbocycles. The number of hydrogen-bond acceptors (Lipinski definition) is 3. The van der Waals surface area contributed by atoms with Crippen LogP contribution < -0.4 is 11.2 Å². The van der Waals surface area contributed by atoms with Gasteiger partial charge in [-0.1, -0.05) is 6.92 Å². The molecule has 0 bridgehead atoms. The van der Waals surface area contributed by atoms with Crippen molar-refractivity contribution < 1.29 is 18.0 Å². The van der Waals surface area contributed by atoms with Gasteiger partial charge in [0.15, 0.2) is 0 Å². The molecule has 1 amide bonds. The summed E-state index contributed by atoms with van der Waals surface area (Å²) in [5, 5.41) is 0. The number of nitrogens with zero attached hydrogens (tertiary/aromatic N) is 3. The third-order valence-corrected chi connectivity index (χ3v) is 3.05. The summed E-state index contributed by atoms with van der Waals surface area (Å²) >= 11 is 0. The first-order chi connectivity index (χ1) is 10.6. The maximum absolute atomic E-state index is 12.5. The van der Waals surface area contributed by atoms with Crippen molar-refractivity contribution in [1.29, 1.82) is 0 Å². The molecule has 0 spiro atoms. The average Bonchev–Trinajstić information content (AvgIpc) is 2.45. The van der Waals surface area contributed by atoms with Gasteiger partial charge in [0.1, 0.15) is 6.54 Å². The summed E-state index contributed by atoms with van der Waals surface area (Å²) in [5.41, 5.74) is -1.13. The Hall–Kier alpha value is -2.32. The smallest absolute Gasteiger partial charge is 0.330 e. The Morgan fingerprint density at radius 3 is 2.43 bits per heavy atom. The van der Waals surface area contributed by atoms with Crippen LogP contribution in [0.5, 0.6) is 0 Å². The van der Waals surface area contributed by atoms with Gasteiger partial charge in [-0.2, -0.15) is 13.2 Å². The number of aryl methyl sites for hydroxylation is 1. The maximum atomic E-state index is 12.5. The van der Waals surface area contributed by atoms with Crippen LogP contribution in [0.1, 0.15) is 18.9 Å². The number of carbonyl (C=O) groups excluding carboxylic acids is 1. The molecule has 6 nitrogen and oxygen atoms in total. The Labute approximate surface area is 130 Å². The molecule has 9 heteroatoms. The molecule has 0 radical (unpaired) electrons. The zero-order chi connectivity index (χ0) is 17.8. The Morgan fingerprint density at radius 1 is 1.30 bits per heavy atom. The first kappa shape index (κ1) is 18.7. The summed E-state index contributed by atoms with van der Waals surface area (Å²) in [6, 6.07) is 0. The van der Waals surface area contributed by atoms with Gasteiger partial charge in [-0.25, -0.2) is 4.79 Å². The number of hydrogen-bond donors (Lipinski definition) is 0. The molecule has 1 aromatic heterocycles. The number of carbonyl (C=O) groups is 1. The monoisotopic (exact) mass is 333 g/mol. The summed E-state index contributed by atoms with van der Waals surface area (Å²) in [6.45, 7) is 0.256. The minimum absolute atomic E-state index is 0.0337. The van der Waals surface area contributed by atoms with E-state index in [2.05, 4.69) is 0 Å². The number of rotatable bonds is 5. The second-order valence-electron chi connectivity index (χ2n) is 5.05. The van der Waals surface area contributed by atoms with Gasteiger partial charge < -0.3 is 9.47 Å². The van der Waals surface area contributed by atoms with Crippen LogP contribution >= 0.6 is 0 Å². The molecular weight excluding hydrogens is 315 g/mol. The van der Waals surface area contributed by atoms with E-state index >= 15 is 0 Å². The van der Waals surface area contributed by atoms with E-state index in [0.29, 0.717) is 11.3 Å². The van der Waals surface area contributed by atoms with Crippen LogP contribution in [0.15, 0.2) is 21.9 Å². The van der Waals surface area contributed by atoms with Crippen LogP contribution in [0.4, 0.5) is 13.2 Å². The lowest BCUT2D eigenvalue weighted by atomic mass is 10.2. The summed E-state index contributed by atoms with van der Waals surface area (Å²) in [6.07, 6.45) is -0.878. The Morgan fingerprint density at radius 2 is 1.91 bits per heavy atom. The highest BCUT2D eigenvalue weighted by atomic mass is 19.4. The van der Waals surface area contributed by atoms with Crippen molar-refractivity contribution in [2.45, 2.75) is 19.5 Å². The highest BCUT2D eigenvalue weighted by molar-refractivity contribution is 5.91. The molecule has 1 heterocycles. The molecule has 0 fully saturated rings. The number of alkyl halides is 3. The second kappa shape index (κ2) is 7.30. The number of amides is 1. The normalized spacial score (nSPS) is 11.9. The van der Waals surface area contributed by atoms with E-state index in [9.17, 15) is 27.6 Å². The van der Waals surface area contributed by atoms with Crippen molar-refractivity contribution in [3.05, 3.63) is 38.7 Å². The molecule has 0 N–H and O–H groups in total. The fourth-order valence-electron chi connectivity index (χ4n) is 1.97. The quantitative estimate of drug-likeness (QED) is 0.752. The average molecular weight is 333 g/mol. The second-order valence-corrected chi connectivity index (χ2v) is 5.05. The van der Waals surface area contributed by atoms with Crippen molar-refractivity contribution in [3.63, 3.8) is 0 Å². The van der Waals surface area contributed by atoms with E-state index in [-0.39, 0.29) is 12.1 Å². The van der Waals surface area contributed by atoms with Gasteiger partial charge in [-0.15, -0.1) is 0 Å². The van der Waals surface area contributed by atoms with E-state index in [1.165, 1.54) is 20.3 Å². The van der Waals surface area contributed by atoms with Crippen molar-refractivity contribution in [2.75, 3.05) is 13.1 Å². The van der Waals surface area contributed by atoms with Crippen molar-refractivity contribution in [3.8, 4) is 0 Å². The number of halogens is 3. The highest BCUT2D eigenvalue weighted by Crippen LogP contribution is 2.17. The molecule has 0 saturated carbocycles. The lowest BCUT2D eigenvalue weighted by Gasteiger charge is -2.21. The molecule has 0 unspecified atom stereocenters. The van der Waals surface area contributed by atoms with Crippen molar-refractivity contribution in [1.82, 2.24) is 14.0 Å². The fourth-order valence-corrected chi connectivity index (χ4v) is 1.97. The van der Waals surface area contributed by atoms with Crippen LogP contribution in [-0.2, 0) is 18.9 Å². The fraction of sp³-hybridized carbons (Fsp3) is 0.500. The third kappa shape index (κ3) is 5.11. The lowest BCUT2D eigenvalue weighted by Crippen LogP contribution is -2.39. The molecule has 128 valence electrons. The van der Waals surface area contributed by atoms with E-state index in [1.54, 1.807) is 6.92 Å². The van der Waals surface area contributed by atoms with Crippen LogP contribution in [-0.4, -0.2) is 39.2 Å². The van der Waals surface area contributed by atoms with Crippen LogP contribution in [0, 0.1) is 0 Å².